The highest BCUT2D eigenvalue weighted by Gasteiger charge is 2.08. The third kappa shape index (κ3) is 3.46. The third-order valence-corrected chi connectivity index (χ3v) is 3.39. The Labute approximate surface area is 126 Å². The van der Waals surface area contributed by atoms with Gasteiger partial charge in [0.05, 0.1) is 11.6 Å². The summed E-state index contributed by atoms with van der Waals surface area (Å²) in [6.45, 7) is 2.67. The summed E-state index contributed by atoms with van der Waals surface area (Å²) < 4.78 is 11.6. The molecule has 106 valence electrons. The molecule has 0 aliphatic carbocycles. The van der Waals surface area contributed by atoms with Crippen molar-refractivity contribution >= 4 is 15.9 Å². The van der Waals surface area contributed by atoms with E-state index >= 15 is 0 Å². The van der Waals surface area contributed by atoms with E-state index in [0.717, 1.165) is 28.0 Å². The fourth-order valence-corrected chi connectivity index (χ4v) is 2.11. The van der Waals surface area contributed by atoms with Crippen LogP contribution >= 0.6 is 15.9 Å². The number of nitrogens with zero attached hydrogens (tertiary/aromatic N) is 2. The molecule has 0 bridgehead atoms. The Morgan fingerprint density at radius 1 is 1.35 bits per heavy atom. The molecule has 0 atom stereocenters. The summed E-state index contributed by atoms with van der Waals surface area (Å²) in [7, 11) is 3.51. The maximum atomic E-state index is 5.68. The molecule has 0 aliphatic rings. The molecule has 0 unspecified atom stereocenters. The van der Waals surface area contributed by atoms with Gasteiger partial charge >= 0.3 is 6.01 Å². The number of hydrogen-bond donors (Lipinski definition) is 1. The van der Waals surface area contributed by atoms with Crippen LogP contribution in [0.25, 0.3) is 0 Å². The average Bonchev–Trinajstić information content (AvgIpc) is 2.44. The van der Waals surface area contributed by atoms with Crippen LogP contribution in [0.4, 0.5) is 0 Å². The van der Waals surface area contributed by atoms with Gasteiger partial charge in [0.25, 0.3) is 0 Å². The molecule has 20 heavy (non-hydrogen) atoms. The SMILES string of the molecule is CNCc1cnc(Oc2ccc(OC)cc2Br)nc1C. The molecule has 0 amide bonds. The van der Waals surface area contributed by atoms with Crippen molar-refractivity contribution in [2.75, 3.05) is 14.2 Å². The summed E-state index contributed by atoms with van der Waals surface area (Å²) in [6.07, 6.45) is 1.77. The van der Waals surface area contributed by atoms with Crippen LogP contribution in [0.2, 0.25) is 0 Å². The van der Waals surface area contributed by atoms with Crippen molar-refractivity contribution in [2.45, 2.75) is 13.5 Å². The molecular formula is C14H16BrN3O2. The number of aryl methyl sites for hydroxylation is 1. The Bertz CT molecular complexity index is 605. The van der Waals surface area contributed by atoms with Gasteiger partial charge in [0.2, 0.25) is 0 Å². The normalized spacial score (nSPS) is 10.4. The average molecular weight is 338 g/mol. The van der Waals surface area contributed by atoms with Gasteiger partial charge in [-0.1, -0.05) is 0 Å². The molecule has 0 spiro atoms. The molecule has 0 aliphatic heterocycles. The first-order valence-corrected chi connectivity index (χ1v) is 6.92. The molecule has 2 rings (SSSR count). The van der Waals surface area contributed by atoms with E-state index < -0.39 is 0 Å². The second-order valence-corrected chi connectivity index (χ2v) is 5.05. The maximum absolute atomic E-state index is 5.68. The van der Waals surface area contributed by atoms with Crippen LogP contribution in [0.15, 0.2) is 28.9 Å². The first kappa shape index (κ1) is 14.7. The summed E-state index contributed by atoms with van der Waals surface area (Å²) in [6, 6.07) is 5.79. The van der Waals surface area contributed by atoms with Crippen molar-refractivity contribution in [3.8, 4) is 17.5 Å². The van der Waals surface area contributed by atoms with Gasteiger partial charge in [-0.3, -0.25) is 0 Å². The zero-order valence-electron chi connectivity index (χ0n) is 11.6. The van der Waals surface area contributed by atoms with Crippen LogP contribution in [0.3, 0.4) is 0 Å². The molecule has 1 N–H and O–H groups in total. The van der Waals surface area contributed by atoms with Gasteiger partial charge in [-0.15, -0.1) is 0 Å². The Kier molecular flexibility index (Phi) is 4.92. The maximum Gasteiger partial charge on any atom is 0.322 e. The van der Waals surface area contributed by atoms with E-state index in [9.17, 15) is 0 Å². The highest BCUT2D eigenvalue weighted by molar-refractivity contribution is 9.10. The van der Waals surface area contributed by atoms with Gasteiger partial charge in [0.15, 0.2) is 0 Å². The summed E-state index contributed by atoms with van der Waals surface area (Å²) in [5.41, 5.74) is 1.95. The fraction of sp³-hybridized carbons (Fsp3) is 0.286. The number of rotatable bonds is 5. The van der Waals surface area contributed by atoms with Crippen molar-refractivity contribution in [1.29, 1.82) is 0 Å². The Morgan fingerprint density at radius 3 is 2.75 bits per heavy atom. The number of benzene rings is 1. The van der Waals surface area contributed by atoms with Gasteiger partial charge in [0, 0.05) is 24.0 Å². The number of hydrogen-bond acceptors (Lipinski definition) is 5. The highest BCUT2D eigenvalue weighted by Crippen LogP contribution is 2.31. The molecular weight excluding hydrogens is 322 g/mol. The lowest BCUT2D eigenvalue weighted by molar-refractivity contribution is 0.409. The van der Waals surface area contributed by atoms with Crippen LogP contribution in [0.1, 0.15) is 11.3 Å². The first-order valence-electron chi connectivity index (χ1n) is 6.12. The minimum absolute atomic E-state index is 0.327. The molecule has 5 nitrogen and oxygen atoms in total. The molecule has 0 fully saturated rings. The lowest BCUT2D eigenvalue weighted by atomic mass is 10.2. The second-order valence-electron chi connectivity index (χ2n) is 4.19. The minimum atomic E-state index is 0.327. The topological polar surface area (TPSA) is 56.3 Å². The van der Waals surface area contributed by atoms with Crippen LogP contribution in [0.5, 0.6) is 17.5 Å². The van der Waals surface area contributed by atoms with Crippen molar-refractivity contribution in [3.05, 3.63) is 40.1 Å². The Balaban J connectivity index is 2.19. The lowest BCUT2D eigenvalue weighted by Crippen LogP contribution is -2.08. The van der Waals surface area contributed by atoms with E-state index in [1.54, 1.807) is 13.3 Å². The molecule has 1 heterocycles. The van der Waals surface area contributed by atoms with Crippen LogP contribution < -0.4 is 14.8 Å². The molecule has 6 heteroatoms. The Morgan fingerprint density at radius 2 is 2.15 bits per heavy atom. The van der Waals surface area contributed by atoms with E-state index in [1.165, 1.54) is 0 Å². The standard InChI is InChI=1S/C14H16BrN3O2/c1-9-10(7-16-2)8-17-14(18-9)20-13-5-4-11(19-3)6-12(13)15/h4-6,8,16H,7H2,1-3H3. The van der Waals surface area contributed by atoms with E-state index in [-0.39, 0.29) is 0 Å². The predicted octanol–water partition coefficient (Wildman–Crippen LogP) is 3.07. The fourth-order valence-electron chi connectivity index (χ4n) is 1.67. The summed E-state index contributed by atoms with van der Waals surface area (Å²) >= 11 is 3.43. The van der Waals surface area contributed by atoms with Crippen LogP contribution in [0, 0.1) is 6.92 Å². The minimum Gasteiger partial charge on any atom is -0.497 e. The van der Waals surface area contributed by atoms with Crippen molar-refractivity contribution < 1.29 is 9.47 Å². The van der Waals surface area contributed by atoms with Gasteiger partial charge in [0.1, 0.15) is 11.5 Å². The Hall–Kier alpha value is -1.66. The monoisotopic (exact) mass is 337 g/mol. The summed E-state index contributed by atoms with van der Waals surface area (Å²) in [5, 5.41) is 3.07. The van der Waals surface area contributed by atoms with Crippen molar-refractivity contribution in [3.63, 3.8) is 0 Å². The summed E-state index contributed by atoms with van der Waals surface area (Å²) in [5.74, 6) is 1.40. The van der Waals surface area contributed by atoms with Gasteiger partial charge < -0.3 is 14.8 Å². The molecule has 0 saturated carbocycles. The molecule has 2 aromatic rings. The first-order chi connectivity index (χ1) is 9.63. The zero-order chi connectivity index (χ0) is 14.5. The quantitative estimate of drug-likeness (QED) is 0.908. The highest BCUT2D eigenvalue weighted by atomic mass is 79.9. The number of aromatic nitrogens is 2. The van der Waals surface area contributed by atoms with Gasteiger partial charge in [-0.2, -0.15) is 4.98 Å². The van der Waals surface area contributed by atoms with E-state index in [0.29, 0.717) is 11.8 Å². The number of ether oxygens (including phenoxy) is 2. The predicted molar refractivity (Wildman–Crippen MR) is 80.3 cm³/mol. The smallest absolute Gasteiger partial charge is 0.322 e. The third-order valence-electron chi connectivity index (χ3n) is 2.77. The number of halogens is 1. The van der Waals surface area contributed by atoms with Crippen LogP contribution in [-0.2, 0) is 6.54 Å². The summed E-state index contributed by atoms with van der Waals surface area (Å²) in [4.78, 5) is 8.56. The molecule has 1 aromatic heterocycles. The van der Waals surface area contributed by atoms with E-state index in [1.807, 2.05) is 32.2 Å². The van der Waals surface area contributed by atoms with Gasteiger partial charge in [-0.05, 0) is 48.1 Å². The molecule has 1 aromatic carbocycles. The molecule has 0 radical (unpaired) electrons. The van der Waals surface area contributed by atoms with Crippen molar-refractivity contribution in [2.24, 2.45) is 0 Å². The number of nitrogens with one attached hydrogen (secondary N) is 1. The zero-order valence-corrected chi connectivity index (χ0v) is 13.2. The van der Waals surface area contributed by atoms with E-state index in [2.05, 4.69) is 31.2 Å². The molecule has 0 saturated heterocycles. The largest absolute Gasteiger partial charge is 0.497 e. The van der Waals surface area contributed by atoms with E-state index in [4.69, 9.17) is 9.47 Å². The lowest BCUT2D eigenvalue weighted by Gasteiger charge is -2.09. The number of methoxy groups -OCH3 is 1. The van der Waals surface area contributed by atoms with Crippen molar-refractivity contribution in [1.82, 2.24) is 15.3 Å². The van der Waals surface area contributed by atoms with Gasteiger partial charge in [-0.25, -0.2) is 4.98 Å². The van der Waals surface area contributed by atoms with Crippen LogP contribution in [-0.4, -0.2) is 24.1 Å². The second kappa shape index (κ2) is 6.67.